The molecule has 0 radical (unpaired) electrons. The second kappa shape index (κ2) is 5.72. The van der Waals surface area contributed by atoms with Crippen LogP contribution in [0, 0.1) is 0 Å². The number of benzene rings is 1. The number of rotatable bonds is 3. The zero-order valence-electron chi connectivity index (χ0n) is 12.5. The van der Waals surface area contributed by atoms with E-state index in [1.54, 1.807) is 12.1 Å². The zero-order valence-corrected chi connectivity index (χ0v) is 12.5. The fraction of sp³-hybridized carbons (Fsp3) is 0.235. The van der Waals surface area contributed by atoms with Crippen molar-refractivity contribution in [2.75, 3.05) is 23.3 Å². The first-order valence-electron chi connectivity index (χ1n) is 7.66. The molecule has 3 aromatic rings. The molecule has 1 amide bonds. The van der Waals surface area contributed by atoms with E-state index in [4.69, 9.17) is 4.42 Å². The predicted octanol–water partition coefficient (Wildman–Crippen LogP) is 3.08. The second-order valence-corrected chi connectivity index (χ2v) is 5.56. The Hall–Kier alpha value is -2.89. The molecule has 3 heterocycles. The highest BCUT2D eigenvalue weighted by Crippen LogP contribution is 2.21. The molecule has 1 N–H and O–H groups in total. The van der Waals surface area contributed by atoms with Crippen LogP contribution in [0.1, 0.15) is 23.4 Å². The SMILES string of the molecule is O=C(Nc1cc(N2CCCC2)ncn1)c1cc2ccccc2o1. The summed E-state index contributed by atoms with van der Waals surface area (Å²) in [4.78, 5) is 22.9. The highest BCUT2D eigenvalue weighted by Gasteiger charge is 2.16. The lowest BCUT2D eigenvalue weighted by molar-refractivity contribution is 0.0998. The first-order chi connectivity index (χ1) is 11.3. The van der Waals surface area contributed by atoms with Crippen molar-refractivity contribution in [3.8, 4) is 0 Å². The molecule has 1 aliphatic rings. The van der Waals surface area contributed by atoms with Crippen LogP contribution < -0.4 is 10.2 Å². The third-order valence-corrected chi connectivity index (χ3v) is 3.97. The normalized spacial score (nSPS) is 14.3. The van der Waals surface area contributed by atoms with Gasteiger partial charge in [-0.25, -0.2) is 9.97 Å². The van der Waals surface area contributed by atoms with Gasteiger partial charge in [-0.1, -0.05) is 18.2 Å². The Morgan fingerprint density at radius 2 is 1.96 bits per heavy atom. The van der Waals surface area contributed by atoms with Crippen molar-refractivity contribution < 1.29 is 9.21 Å². The van der Waals surface area contributed by atoms with Crippen LogP contribution in [-0.4, -0.2) is 29.0 Å². The van der Waals surface area contributed by atoms with E-state index in [9.17, 15) is 4.79 Å². The topological polar surface area (TPSA) is 71.3 Å². The van der Waals surface area contributed by atoms with E-state index in [0.717, 1.165) is 24.3 Å². The van der Waals surface area contributed by atoms with E-state index in [1.807, 2.05) is 24.3 Å². The number of nitrogens with zero attached hydrogens (tertiary/aromatic N) is 3. The monoisotopic (exact) mass is 308 g/mol. The zero-order chi connectivity index (χ0) is 15.6. The second-order valence-electron chi connectivity index (χ2n) is 5.56. The van der Waals surface area contributed by atoms with Crippen LogP contribution >= 0.6 is 0 Å². The molecule has 4 rings (SSSR count). The van der Waals surface area contributed by atoms with E-state index in [-0.39, 0.29) is 11.7 Å². The maximum atomic E-state index is 12.3. The van der Waals surface area contributed by atoms with Crippen molar-refractivity contribution in [1.29, 1.82) is 0 Å². The first-order valence-corrected chi connectivity index (χ1v) is 7.66. The van der Waals surface area contributed by atoms with Gasteiger partial charge in [-0.3, -0.25) is 4.79 Å². The molecular formula is C17H16N4O2. The van der Waals surface area contributed by atoms with Gasteiger partial charge in [-0.15, -0.1) is 0 Å². The Kier molecular flexibility index (Phi) is 3.42. The standard InChI is InChI=1S/C17H16N4O2/c22-17(14-9-12-5-1-2-6-13(12)23-14)20-15-10-16(19-11-18-15)21-7-3-4-8-21/h1-2,5-6,9-11H,3-4,7-8H2,(H,18,19,20,22). The van der Waals surface area contributed by atoms with Crippen LogP contribution in [0.15, 0.2) is 47.1 Å². The third-order valence-electron chi connectivity index (χ3n) is 3.97. The summed E-state index contributed by atoms with van der Waals surface area (Å²) in [5.41, 5.74) is 0.693. The predicted molar refractivity (Wildman–Crippen MR) is 87.6 cm³/mol. The van der Waals surface area contributed by atoms with E-state index in [1.165, 1.54) is 19.2 Å². The molecule has 1 fully saturated rings. The minimum Gasteiger partial charge on any atom is -0.451 e. The first kappa shape index (κ1) is 13.8. The lowest BCUT2D eigenvalue weighted by atomic mass is 10.2. The Labute approximate surface area is 133 Å². The van der Waals surface area contributed by atoms with Crippen LogP contribution in [0.3, 0.4) is 0 Å². The number of fused-ring (bicyclic) bond motifs is 1. The van der Waals surface area contributed by atoms with Crippen LogP contribution in [0.4, 0.5) is 11.6 Å². The Morgan fingerprint density at radius 3 is 2.78 bits per heavy atom. The molecule has 0 unspecified atom stereocenters. The van der Waals surface area contributed by atoms with Gasteiger partial charge in [0, 0.05) is 24.5 Å². The Balaban J connectivity index is 1.55. The van der Waals surface area contributed by atoms with Gasteiger partial charge in [0.15, 0.2) is 5.76 Å². The number of nitrogens with one attached hydrogen (secondary N) is 1. The number of aromatic nitrogens is 2. The number of amides is 1. The summed E-state index contributed by atoms with van der Waals surface area (Å²) in [5, 5.41) is 3.67. The maximum Gasteiger partial charge on any atom is 0.292 e. The summed E-state index contributed by atoms with van der Waals surface area (Å²) < 4.78 is 5.57. The van der Waals surface area contributed by atoms with Gasteiger partial charge in [-0.05, 0) is 25.0 Å². The molecule has 0 aliphatic carbocycles. The lowest BCUT2D eigenvalue weighted by Crippen LogP contribution is -2.20. The van der Waals surface area contributed by atoms with Gasteiger partial charge in [0.05, 0.1) is 0 Å². The number of para-hydroxylation sites is 1. The van der Waals surface area contributed by atoms with Gasteiger partial charge >= 0.3 is 0 Å². The summed E-state index contributed by atoms with van der Waals surface area (Å²) in [6.07, 6.45) is 3.82. The average Bonchev–Trinajstić information content (AvgIpc) is 3.24. The van der Waals surface area contributed by atoms with E-state index in [2.05, 4.69) is 20.2 Å². The molecule has 0 atom stereocenters. The molecule has 1 aromatic carbocycles. The van der Waals surface area contributed by atoms with Crippen molar-refractivity contribution in [3.05, 3.63) is 48.5 Å². The van der Waals surface area contributed by atoms with E-state index in [0.29, 0.717) is 11.4 Å². The fourth-order valence-electron chi connectivity index (χ4n) is 2.81. The molecule has 6 nitrogen and oxygen atoms in total. The van der Waals surface area contributed by atoms with Crippen molar-refractivity contribution in [3.63, 3.8) is 0 Å². The van der Waals surface area contributed by atoms with Crippen molar-refractivity contribution >= 4 is 28.5 Å². The number of furan rings is 1. The summed E-state index contributed by atoms with van der Waals surface area (Å²) in [5.74, 6) is 1.28. The molecule has 116 valence electrons. The van der Waals surface area contributed by atoms with Gasteiger partial charge in [0.25, 0.3) is 5.91 Å². The number of hydrogen-bond donors (Lipinski definition) is 1. The van der Waals surface area contributed by atoms with E-state index < -0.39 is 0 Å². The van der Waals surface area contributed by atoms with Gasteiger partial charge < -0.3 is 14.6 Å². The molecule has 0 saturated carbocycles. The highest BCUT2D eigenvalue weighted by molar-refractivity contribution is 6.04. The lowest BCUT2D eigenvalue weighted by Gasteiger charge is -2.16. The molecule has 23 heavy (non-hydrogen) atoms. The number of hydrogen-bond acceptors (Lipinski definition) is 5. The fourth-order valence-corrected chi connectivity index (χ4v) is 2.81. The number of carbonyl (C=O) groups excluding carboxylic acids is 1. The average molecular weight is 308 g/mol. The highest BCUT2D eigenvalue weighted by atomic mass is 16.3. The largest absolute Gasteiger partial charge is 0.451 e. The van der Waals surface area contributed by atoms with Crippen LogP contribution in [-0.2, 0) is 0 Å². The van der Waals surface area contributed by atoms with E-state index >= 15 is 0 Å². The van der Waals surface area contributed by atoms with Crippen molar-refractivity contribution in [1.82, 2.24) is 9.97 Å². The Morgan fingerprint density at radius 1 is 1.13 bits per heavy atom. The maximum absolute atomic E-state index is 12.3. The molecule has 6 heteroatoms. The summed E-state index contributed by atoms with van der Waals surface area (Å²) in [6.45, 7) is 1.99. The van der Waals surface area contributed by atoms with Crippen LogP contribution in [0.5, 0.6) is 0 Å². The van der Waals surface area contributed by atoms with Crippen LogP contribution in [0.25, 0.3) is 11.0 Å². The number of anilines is 2. The quantitative estimate of drug-likeness (QED) is 0.805. The van der Waals surface area contributed by atoms with Gasteiger partial charge in [0.1, 0.15) is 23.5 Å². The number of carbonyl (C=O) groups is 1. The molecule has 0 bridgehead atoms. The Bertz CT molecular complexity index is 819. The summed E-state index contributed by atoms with van der Waals surface area (Å²) in [7, 11) is 0. The summed E-state index contributed by atoms with van der Waals surface area (Å²) in [6, 6.07) is 11.1. The van der Waals surface area contributed by atoms with Crippen molar-refractivity contribution in [2.24, 2.45) is 0 Å². The molecular weight excluding hydrogens is 292 g/mol. The molecule has 2 aromatic heterocycles. The smallest absolute Gasteiger partial charge is 0.292 e. The third kappa shape index (κ3) is 2.75. The minimum atomic E-state index is -0.313. The van der Waals surface area contributed by atoms with Gasteiger partial charge in [0.2, 0.25) is 0 Å². The minimum absolute atomic E-state index is 0.271. The molecule has 1 aliphatic heterocycles. The van der Waals surface area contributed by atoms with Crippen LogP contribution in [0.2, 0.25) is 0 Å². The molecule has 1 saturated heterocycles. The summed E-state index contributed by atoms with van der Waals surface area (Å²) >= 11 is 0. The molecule has 0 spiro atoms. The van der Waals surface area contributed by atoms with Gasteiger partial charge in [-0.2, -0.15) is 0 Å². The van der Waals surface area contributed by atoms with Crippen molar-refractivity contribution in [2.45, 2.75) is 12.8 Å².